The molecule has 0 aliphatic heterocycles. The van der Waals surface area contributed by atoms with E-state index in [-0.39, 0.29) is 5.95 Å². The minimum absolute atomic E-state index is 0.0806. The molecule has 0 aliphatic carbocycles. The Bertz CT molecular complexity index is 1080. The van der Waals surface area contributed by atoms with E-state index in [0.29, 0.717) is 29.2 Å². The lowest BCUT2D eigenvalue weighted by atomic mass is 10.1. The van der Waals surface area contributed by atoms with E-state index in [4.69, 9.17) is 22.6 Å². The summed E-state index contributed by atoms with van der Waals surface area (Å²) in [4.78, 5) is 13.0. The van der Waals surface area contributed by atoms with E-state index in [1.165, 1.54) is 5.01 Å². The molecule has 3 aromatic rings. The number of nitrogens with two attached hydrogens (primary N) is 3. The number of aromatic nitrogens is 3. The molecule has 0 saturated carbocycles. The van der Waals surface area contributed by atoms with Crippen molar-refractivity contribution in [3.05, 3.63) is 77.4 Å². The summed E-state index contributed by atoms with van der Waals surface area (Å²) in [5.41, 5.74) is 16.5. The van der Waals surface area contributed by atoms with Crippen molar-refractivity contribution in [2.75, 3.05) is 5.73 Å². The fourth-order valence-corrected chi connectivity index (χ4v) is 2.80. The van der Waals surface area contributed by atoms with Gasteiger partial charge in [0.25, 0.3) is 0 Å². The monoisotopic (exact) mass is 386 g/mol. The van der Waals surface area contributed by atoms with Gasteiger partial charge in [-0.2, -0.15) is 5.26 Å². The number of benzene rings is 1. The van der Waals surface area contributed by atoms with Crippen molar-refractivity contribution in [2.24, 2.45) is 11.6 Å². The van der Waals surface area contributed by atoms with Crippen LogP contribution in [0, 0.1) is 11.3 Å². The number of hydrogen-bond acceptors (Lipinski definition) is 8. The van der Waals surface area contributed by atoms with Gasteiger partial charge in [-0.05, 0) is 36.8 Å². The molecule has 1 aromatic carbocycles. The van der Waals surface area contributed by atoms with Crippen LogP contribution in [0.25, 0.3) is 17.0 Å². The lowest BCUT2D eigenvalue weighted by Crippen LogP contribution is -2.26. The van der Waals surface area contributed by atoms with Crippen molar-refractivity contribution in [3.8, 4) is 17.3 Å². The van der Waals surface area contributed by atoms with Crippen LogP contribution in [0.1, 0.15) is 29.6 Å². The summed E-state index contributed by atoms with van der Waals surface area (Å²) < 4.78 is 0. The van der Waals surface area contributed by atoms with Gasteiger partial charge in [-0.3, -0.25) is 4.98 Å². The lowest BCUT2D eigenvalue weighted by Gasteiger charge is -2.15. The molecular weight excluding hydrogens is 364 g/mol. The first-order valence-electron chi connectivity index (χ1n) is 9.07. The van der Waals surface area contributed by atoms with Crippen LogP contribution in [-0.2, 0) is 13.0 Å². The van der Waals surface area contributed by atoms with Crippen molar-refractivity contribution in [2.45, 2.75) is 19.9 Å². The lowest BCUT2D eigenvalue weighted by molar-refractivity contribution is 0.382. The number of nitriles is 1. The van der Waals surface area contributed by atoms with E-state index in [0.717, 1.165) is 23.4 Å². The molecule has 0 fully saturated rings. The largest absolute Gasteiger partial charge is 0.396 e. The quantitative estimate of drug-likeness (QED) is 0.432. The van der Waals surface area contributed by atoms with Gasteiger partial charge in [0.2, 0.25) is 5.95 Å². The first kappa shape index (κ1) is 19.8. The summed E-state index contributed by atoms with van der Waals surface area (Å²) in [6.45, 7) is 2.44. The van der Waals surface area contributed by atoms with Crippen molar-refractivity contribution in [1.29, 1.82) is 5.26 Å². The topological polar surface area (TPSA) is 144 Å². The van der Waals surface area contributed by atoms with Gasteiger partial charge in [0.15, 0.2) is 0 Å². The van der Waals surface area contributed by atoms with Crippen molar-refractivity contribution >= 4 is 11.6 Å². The van der Waals surface area contributed by atoms with E-state index in [9.17, 15) is 0 Å². The Morgan fingerprint density at radius 3 is 2.62 bits per heavy atom. The van der Waals surface area contributed by atoms with Crippen molar-refractivity contribution in [3.63, 3.8) is 0 Å². The summed E-state index contributed by atoms with van der Waals surface area (Å²) in [5.74, 6) is 6.17. The van der Waals surface area contributed by atoms with Crippen LogP contribution in [-0.4, -0.2) is 20.0 Å². The van der Waals surface area contributed by atoms with Crippen LogP contribution in [0.3, 0.4) is 0 Å². The Balaban J connectivity index is 1.85. The molecule has 0 spiro atoms. The Kier molecular flexibility index (Phi) is 6.02. The molecule has 146 valence electrons. The number of pyridine rings is 1. The highest BCUT2D eigenvalue weighted by Gasteiger charge is 2.09. The molecule has 2 heterocycles. The van der Waals surface area contributed by atoms with Gasteiger partial charge < -0.3 is 16.5 Å². The molecule has 0 amide bonds. The minimum atomic E-state index is 0.0806. The maximum absolute atomic E-state index is 9.10. The van der Waals surface area contributed by atoms with Gasteiger partial charge in [0.05, 0.1) is 41.0 Å². The molecular formula is C21H22N8. The molecule has 0 aliphatic rings. The van der Waals surface area contributed by atoms with Crippen molar-refractivity contribution < 1.29 is 0 Å². The van der Waals surface area contributed by atoms with Crippen LogP contribution in [0.4, 0.5) is 5.95 Å². The summed E-state index contributed by atoms with van der Waals surface area (Å²) in [6.07, 6.45) is 2.43. The molecule has 0 unspecified atom stereocenters. The first-order chi connectivity index (χ1) is 14.0. The first-order valence-corrected chi connectivity index (χ1v) is 9.07. The Morgan fingerprint density at radius 1 is 1.10 bits per heavy atom. The van der Waals surface area contributed by atoms with Gasteiger partial charge in [-0.15, -0.1) is 0 Å². The molecule has 0 atom stereocenters. The van der Waals surface area contributed by atoms with Gasteiger partial charge in [-0.25, -0.2) is 15.8 Å². The predicted molar refractivity (Wildman–Crippen MR) is 112 cm³/mol. The smallest absolute Gasteiger partial charge is 0.221 e. The third kappa shape index (κ3) is 5.06. The minimum Gasteiger partial charge on any atom is -0.396 e. The van der Waals surface area contributed by atoms with E-state index in [2.05, 4.69) is 21.0 Å². The number of aryl methyl sites for hydroxylation is 1. The molecule has 0 bridgehead atoms. The molecule has 8 heteroatoms. The van der Waals surface area contributed by atoms with Crippen LogP contribution < -0.4 is 17.3 Å². The highest BCUT2D eigenvalue weighted by molar-refractivity contribution is 5.68. The highest BCUT2D eigenvalue weighted by Crippen LogP contribution is 2.21. The van der Waals surface area contributed by atoms with E-state index < -0.39 is 0 Å². The molecule has 8 nitrogen and oxygen atoms in total. The van der Waals surface area contributed by atoms with Crippen molar-refractivity contribution in [1.82, 2.24) is 20.0 Å². The Morgan fingerprint density at radius 2 is 1.86 bits per heavy atom. The van der Waals surface area contributed by atoms with E-state index in [1.807, 2.05) is 31.2 Å². The average molecular weight is 386 g/mol. The third-order valence-electron chi connectivity index (χ3n) is 4.20. The average Bonchev–Trinajstić information content (AvgIpc) is 2.73. The SMILES string of the molecule is CCc1cccc(CN(N)/C=C(\N)c2cc(-c3cccc(C#N)c3)nc(N)n2)n1. The summed E-state index contributed by atoms with van der Waals surface area (Å²) in [6, 6.07) is 16.7. The zero-order chi connectivity index (χ0) is 20.8. The van der Waals surface area contributed by atoms with Crippen LogP contribution in [0.2, 0.25) is 0 Å². The number of anilines is 1. The zero-order valence-electron chi connectivity index (χ0n) is 16.1. The zero-order valence-corrected chi connectivity index (χ0v) is 16.1. The third-order valence-corrected chi connectivity index (χ3v) is 4.20. The van der Waals surface area contributed by atoms with Gasteiger partial charge in [0, 0.05) is 17.5 Å². The molecule has 0 saturated heterocycles. The van der Waals surface area contributed by atoms with E-state index >= 15 is 0 Å². The maximum atomic E-state index is 9.10. The molecule has 29 heavy (non-hydrogen) atoms. The summed E-state index contributed by atoms with van der Waals surface area (Å²) in [7, 11) is 0. The van der Waals surface area contributed by atoms with E-state index in [1.54, 1.807) is 30.5 Å². The molecule has 3 rings (SSSR count). The second-order valence-electron chi connectivity index (χ2n) is 6.42. The number of nitrogen functional groups attached to an aromatic ring is 1. The fraction of sp³-hybridized carbons (Fsp3) is 0.143. The van der Waals surface area contributed by atoms with Gasteiger partial charge in [0.1, 0.15) is 0 Å². The predicted octanol–water partition coefficient (Wildman–Crippen LogP) is 2.19. The number of hydrazine groups is 1. The highest BCUT2D eigenvalue weighted by atomic mass is 15.4. The molecule has 6 N–H and O–H groups in total. The van der Waals surface area contributed by atoms with Gasteiger partial charge in [-0.1, -0.05) is 25.1 Å². The molecule has 2 aromatic heterocycles. The Hall–Kier alpha value is -3.96. The number of rotatable bonds is 6. The maximum Gasteiger partial charge on any atom is 0.221 e. The fourth-order valence-electron chi connectivity index (χ4n) is 2.80. The number of hydrogen-bond donors (Lipinski definition) is 3. The van der Waals surface area contributed by atoms with Crippen LogP contribution >= 0.6 is 0 Å². The number of nitrogens with zero attached hydrogens (tertiary/aromatic N) is 5. The molecule has 0 radical (unpaired) electrons. The van der Waals surface area contributed by atoms with Crippen LogP contribution in [0.5, 0.6) is 0 Å². The van der Waals surface area contributed by atoms with Crippen LogP contribution in [0.15, 0.2) is 54.7 Å². The summed E-state index contributed by atoms with van der Waals surface area (Å²) in [5, 5.41) is 10.5. The van der Waals surface area contributed by atoms with Gasteiger partial charge >= 0.3 is 0 Å². The second kappa shape index (κ2) is 8.82. The standard InChI is InChI=1S/C21H22N8/c1-2-16-7-4-8-17(26-16)12-29(25)13-18(23)20-10-19(27-21(24)28-20)15-6-3-5-14(9-15)11-22/h3-10,13H,2,12,23,25H2,1H3,(H2,24,27,28)/b18-13-. The second-order valence-corrected chi connectivity index (χ2v) is 6.42. The normalized spacial score (nSPS) is 11.1. The Labute approximate surface area is 169 Å². The summed E-state index contributed by atoms with van der Waals surface area (Å²) >= 11 is 0.